The number of benzene rings is 1. The number of aromatic amines is 1. The molecular formula is C18H20N4O2S. The van der Waals surface area contributed by atoms with Gasteiger partial charge < -0.3 is 4.57 Å². The summed E-state index contributed by atoms with van der Waals surface area (Å²) in [5, 5.41) is 0.699. The van der Waals surface area contributed by atoms with Gasteiger partial charge in [0.25, 0.3) is 5.56 Å². The van der Waals surface area contributed by atoms with E-state index in [9.17, 15) is 9.59 Å². The number of thioether (sulfide) groups is 1. The van der Waals surface area contributed by atoms with Crippen LogP contribution in [-0.2, 0) is 19.3 Å². The molecule has 3 rings (SSSR count). The Hall–Kier alpha value is -2.54. The third-order valence-electron chi connectivity index (χ3n) is 3.89. The zero-order valence-corrected chi connectivity index (χ0v) is 15.3. The predicted octanol–water partition coefficient (Wildman–Crippen LogP) is 2.60. The lowest BCUT2D eigenvalue weighted by atomic mass is 10.2. The van der Waals surface area contributed by atoms with Gasteiger partial charge in [-0.3, -0.25) is 14.3 Å². The van der Waals surface area contributed by atoms with E-state index in [1.165, 1.54) is 27.5 Å². The Morgan fingerprint density at radius 2 is 1.96 bits per heavy atom. The van der Waals surface area contributed by atoms with Crippen LogP contribution in [0.15, 0.2) is 51.2 Å². The molecule has 0 bridgehead atoms. The lowest BCUT2D eigenvalue weighted by Crippen LogP contribution is -2.29. The van der Waals surface area contributed by atoms with E-state index < -0.39 is 11.2 Å². The minimum Gasteiger partial charge on any atom is -0.309 e. The molecule has 0 aliphatic rings. The van der Waals surface area contributed by atoms with Crippen molar-refractivity contribution < 1.29 is 0 Å². The van der Waals surface area contributed by atoms with Gasteiger partial charge in [-0.2, -0.15) is 0 Å². The van der Waals surface area contributed by atoms with E-state index in [1.807, 2.05) is 11.5 Å². The number of rotatable bonds is 5. The molecule has 3 aromatic rings. The van der Waals surface area contributed by atoms with Gasteiger partial charge in [-0.05, 0) is 19.4 Å². The first-order chi connectivity index (χ1) is 11.9. The maximum absolute atomic E-state index is 12.3. The smallest absolute Gasteiger partial charge is 0.309 e. The molecule has 0 saturated heterocycles. The van der Waals surface area contributed by atoms with Gasteiger partial charge in [0.15, 0.2) is 16.3 Å². The maximum Gasteiger partial charge on any atom is 0.329 e. The van der Waals surface area contributed by atoms with Crippen LogP contribution in [0, 0.1) is 6.92 Å². The Labute approximate surface area is 149 Å². The van der Waals surface area contributed by atoms with E-state index >= 15 is 0 Å². The minimum atomic E-state index is -0.465. The molecule has 0 unspecified atom stereocenters. The van der Waals surface area contributed by atoms with Crippen LogP contribution in [0.4, 0.5) is 0 Å². The van der Waals surface area contributed by atoms with E-state index in [4.69, 9.17) is 0 Å². The van der Waals surface area contributed by atoms with E-state index in [-0.39, 0.29) is 0 Å². The number of imidazole rings is 1. The standard InChI is InChI=1S/C18H20N4O2S/c1-11(2)9-22-14-15(21(4)17(24)20-16(14)23)19-18(22)25-10-13-7-5-12(3)6-8-13/h5-8H,1,9-10H2,2-4H3,(H,20,23,24). The fourth-order valence-corrected chi connectivity index (χ4v) is 3.52. The largest absolute Gasteiger partial charge is 0.329 e. The zero-order valence-electron chi connectivity index (χ0n) is 14.5. The summed E-state index contributed by atoms with van der Waals surface area (Å²) in [5.74, 6) is 0.728. The van der Waals surface area contributed by atoms with Crippen molar-refractivity contribution in [1.29, 1.82) is 0 Å². The number of fused-ring (bicyclic) bond motifs is 1. The average molecular weight is 356 g/mol. The van der Waals surface area contributed by atoms with Crippen molar-refractivity contribution in [3.05, 3.63) is 68.4 Å². The second kappa shape index (κ2) is 6.76. The summed E-state index contributed by atoms with van der Waals surface area (Å²) in [6.07, 6.45) is 0. The Balaban J connectivity index is 2.06. The molecule has 2 aromatic heterocycles. The summed E-state index contributed by atoms with van der Waals surface area (Å²) >= 11 is 1.54. The van der Waals surface area contributed by atoms with Gasteiger partial charge in [-0.15, -0.1) is 0 Å². The van der Waals surface area contributed by atoms with Crippen molar-refractivity contribution in [1.82, 2.24) is 19.1 Å². The van der Waals surface area contributed by atoms with Gasteiger partial charge in [-0.1, -0.05) is 53.7 Å². The molecule has 2 heterocycles. The molecule has 7 heteroatoms. The van der Waals surface area contributed by atoms with Crippen molar-refractivity contribution in [2.45, 2.75) is 31.3 Å². The third-order valence-corrected chi connectivity index (χ3v) is 4.94. The lowest BCUT2D eigenvalue weighted by molar-refractivity contribution is 0.719. The summed E-state index contributed by atoms with van der Waals surface area (Å²) in [6, 6.07) is 8.30. The average Bonchev–Trinajstić information content (AvgIpc) is 2.91. The number of nitrogens with one attached hydrogen (secondary N) is 1. The molecule has 0 atom stereocenters. The molecular weight excluding hydrogens is 336 g/mol. The summed E-state index contributed by atoms with van der Waals surface area (Å²) in [5.41, 5.74) is 3.20. The van der Waals surface area contributed by atoms with Crippen LogP contribution >= 0.6 is 11.8 Å². The van der Waals surface area contributed by atoms with E-state index in [2.05, 4.69) is 47.7 Å². The van der Waals surface area contributed by atoms with Crippen molar-refractivity contribution in [2.75, 3.05) is 0 Å². The second-order valence-electron chi connectivity index (χ2n) is 6.20. The topological polar surface area (TPSA) is 72.7 Å². The van der Waals surface area contributed by atoms with Crippen LogP contribution < -0.4 is 11.2 Å². The number of aromatic nitrogens is 4. The Morgan fingerprint density at radius 1 is 1.28 bits per heavy atom. The number of H-pyrrole nitrogens is 1. The number of aryl methyl sites for hydroxylation is 2. The number of hydrogen-bond acceptors (Lipinski definition) is 4. The van der Waals surface area contributed by atoms with Gasteiger partial charge >= 0.3 is 5.69 Å². The SMILES string of the molecule is C=C(C)Cn1c(SCc2ccc(C)cc2)nc2c1c(=O)[nH]c(=O)n2C. The van der Waals surface area contributed by atoms with Crippen LogP contribution in [0.3, 0.4) is 0 Å². The molecule has 1 aromatic carbocycles. The van der Waals surface area contributed by atoms with Crippen molar-refractivity contribution in [3.8, 4) is 0 Å². The molecule has 0 aliphatic carbocycles. The summed E-state index contributed by atoms with van der Waals surface area (Å²) in [4.78, 5) is 31.0. The highest BCUT2D eigenvalue weighted by atomic mass is 32.2. The van der Waals surface area contributed by atoms with Crippen molar-refractivity contribution >= 4 is 22.9 Å². The summed E-state index contributed by atoms with van der Waals surface area (Å²) in [6.45, 7) is 8.37. The molecule has 0 saturated carbocycles. The molecule has 0 radical (unpaired) electrons. The van der Waals surface area contributed by atoms with Crippen LogP contribution in [-0.4, -0.2) is 19.1 Å². The second-order valence-corrected chi connectivity index (χ2v) is 7.14. The highest BCUT2D eigenvalue weighted by Crippen LogP contribution is 2.25. The molecule has 0 spiro atoms. The minimum absolute atomic E-state index is 0.390. The van der Waals surface area contributed by atoms with Crippen LogP contribution in [0.2, 0.25) is 0 Å². The van der Waals surface area contributed by atoms with Crippen molar-refractivity contribution in [2.24, 2.45) is 7.05 Å². The normalized spacial score (nSPS) is 11.2. The zero-order chi connectivity index (χ0) is 18.1. The van der Waals surface area contributed by atoms with Gasteiger partial charge in [-0.25, -0.2) is 9.78 Å². The van der Waals surface area contributed by atoms with Crippen molar-refractivity contribution in [3.63, 3.8) is 0 Å². The van der Waals surface area contributed by atoms with E-state index in [1.54, 1.807) is 7.05 Å². The Bertz CT molecular complexity index is 1060. The Morgan fingerprint density at radius 3 is 2.60 bits per heavy atom. The molecule has 0 aliphatic heterocycles. The molecule has 6 nitrogen and oxygen atoms in total. The maximum atomic E-state index is 12.3. The highest BCUT2D eigenvalue weighted by molar-refractivity contribution is 7.98. The van der Waals surface area contributed by atoms with Gasteiger partial charge in [0, 0.05) is 19.3 Å². The van der Waals surface area contributed by atoms with Gasteiger partial charge in [0.2, 0.25) is 0 Å². The first-order valence-corrected chi connectivity index (χ1v) is 8.87. The molecule has 1 N–H and O–H groups in total. The first-order valence-electron chi connectivity index (χ1n) is 7.89. The van der Waals surface area contributed by atoms with E-state index in [0.717, 1.165) is 11.3 Å². The number of nitrogens with zero attached hydrogens (tertiary/aromatic N) is 3. The van der Waals surface area contributed by atoms with Gasteiger partial charge in [0.05, 0.1) is 0 Å². The summed E-state index contributed by atoms with van der Waals surface area (Å²) in [7, 11) is 1.60. The quantitative estimate of drug-likeness (QED) is 0.563. The first kappa shape index (κ1) is 17.3. The predicted molar refractivity (Wildman–Crippen MR) is 101 cm³/mol. The molecule has 130 valence electrons. The number of allylic oxidation sites excluding steroid dienone is 1. The third kappa shape index (κ3) is 3.46. The molecule has 25 heavy (non-hydrogen) atoms. The number of hydrogen-bond donors (Lipinski definition) is 1. The van der Waals surface area contributed by atoms with Crippen LogP contribution in [0.1, 0.15) is 18.1 Å². The fourth-order valence-electron chi connectivity index (χ4n) is 2.57. The molecule has 0 amide bonds. The summed E-state index contributed by atoms with van der Waals surface area (Å²) < 4.78 is 3.19. The van der Waals surface area contributed by atoms with Crippen LogP contribution in [0.25, 0.3) is 11.2 Å². The molecule has 0 fully saturated rings. The monoisotopic (exact) mass is 356 g/mol. The highest BCUT2D eigenvalue weighted by Gasteiger charge is 2.17. The lowest BCUT2D eigenvalue weighted by Gasteiger charge is -2.08. The van der Waals surface area contributed by atoms with Gasteiger partial charge in [0.1, 0.15) is 0 Å². The van der Waals surface area contributed by atoms with E-state index in [0.29, 0.717) is 22.9 Å². The van der Waals surface area contributed by atoms with Crippen LogP contribution in [0.5, 0.6) is 0 Å². The fraction of sp³-hybridized carbons (Fsp3) is 0.278. The Kier molecular flexibility index (Phi) is 4.67.